The summed E-state index contributed by atoms with van der Waals surface area (Å²) in [7, 11) is 0. The molecule has 3 N–H and O–H groups in total. The lowest BCUT2D eigenvalue weighted by Crippen LogP contribution is -2.15. The number of carbonyl (C=O) groups excluding carboxylic acids is 1. The van der Waals surface area contributed by atoms with E-state index in [1.54, 1.807) is 6.92 Å². The van der Waals surface area contributed by atoms with E-state index in [0.29, 0.717) is 12.2 Å². The van der Waals surface area contributed by atoms with E-state index in [1.807, 2.05) is 0 Å². The number of anilines is 2. The molecule has 0 unspecified atom stereocenters. The summed E-state index contributed by atoms with van der Waals surface area (Å²) in [4.78, 5) is 22.1. The first-order chi connectivity index (χ1) is 14.0. The molecule has 0 atom stereocenters. The zero-order chi connectivity index (χ0) is 22.5. The van der Waals surface area contributed by atoms with Gasteiger partial charge in [-0.2, -0.15) is 13.2 Å². The van der Waals surface area contributed by atoms with Crippen molar-refractivity contribution >= 4 is 46.5 Å². The predicted octanol–water partition coefficient (Wildman–Crippen LogP) is 5.44. The maximum absolute atomic E-state index is 13.1. The van der Waals surface area contributed by atoms with Crippen molar-refractivity contribution in [2.24, 2.45) is 0 Å². The van der Waals surface area contributed by atoms with E-state index in [9.17, 15) is 22.8 Å². The Labute approximate surface area is 179 Å². The van der Waals surface area contributed by atoms with Crippen molar-refractivity contribution in [3.05, 3.63) is 51.5 Å². The van der Waals surface area contributed by atoms with Crippen LogP contribution in [0.15, 0.2) is 30.3 Å². The summed E-state index contributed by atoms with van der Waals surface area (Å²) < 4.78 is 44.9. The molecule has 11 heteroatoms. The first-order valence-electron chi connectivity index (χ1n) is 8.58. The Kier molecular flexibility index (Phi) is 7.80. The quantitative estimate of drug-likeness (QED) is 0.453. The SMILES string of the molecule is CCNc1cc(COc2c(Cl)cc(NC(=O)CC(=O)O)cc2Cl)cc(C(F)(F)F)c1. The summed E-state index contributed by atoms with van der Waals surface area (Å²) in [6.45, 7) is 1.95. The van der Waals surface area contributed by atoms with Gasteiger partial charge >= 0.3 is 12.1 Å². The van der Waals surface area contributed by atoms with Crippen molar-refractivity contribution < 1.29 is 32.6 Å². The Hall–Kier alpha value is -2.65. The van der Waals surface area contributed by atoms with E-state index in [4.69, 9.17) is 33.0 Å². The number of rotatable bonds is 8. The van der Waals surface area contributed by atoms with Crippen LogP contribution in [0, 0.1) is 0 Å². The third-order valence-corrected chi connectivity index (χ3v) is 4.24. The van der Waals surface area contributed by atoms with Gasteiger partial charge in [0.1, 0.15) is 13.0 Å². The van der Waals surface area contributed by atoms with Crippen LogP contribution in [-0.2, 0) is 22.4 Å². The summed E-state index contributed by atoms with van der Waals surface area (Å²) in [6.07, 6.45) is -5.26. The number of benzene rings is 2. The van der Waals surface area contributed by atoms with Gasteiger partial charge in [-0.15, -0.1) is 0 Å². The molecule has 2 aromatic rings. The second kappa shape index (κ2) is 9.90. The lowest BCUT2D eigenvalue weighted by atomic mass is 10.1. The number of carboxylic acids is 1. The van der Waals surface area contributed by atoms with E-state index in [-0.39, 0.29) is 33.7 Å². The lowest BCUT2D eigenvalue weighted by Gasteiger charge is -2.15. The third-order valence-electron chi connectivity index (χ3n) is 3.68. The van der Waals surface area contributed by atoms with Crippen molar-refractivity contribution in [3.8, 4) is 5.75 Å². The molecule has 2 rings (SSSR count). The van der Waals surface area contributed by atoms with Gasteiger partial charge in [0, 0.05) is 17.9 Å². The summed E-state index contributed by atoms with van der Waals surface area (Å²) >= 11 is 12.2. The number of nitrogens with one attached hydrogen (secondary N) is 2. The largest absolute Gasteiger partial charge is 0.486 e. The number of alkyl halides is 3. The molecule has 2 aromatic carbocycles. The molecule has 6 nitrogen and oxygen atoms in total. The molecule has 1 amide bonds. The standard InChI is InChI=1S/C19H17Cl2F3N2O4/c1-2-25-12-4-10(3-11(5-12)19(22,23)24)9-30-18-14(20)6-13(7-15(18)21)26-16(27)8-17(28)29/h3-7,25H,2,8-9H2,1H3,(H,26,27)(H,28,29). The molecular formula is C19H17Cl2F3N2O4. The Morgan fingerprint density at radius 1 is 1.07 bits per heavy atom. The van der Waals surface area contributed by atoms with Gasteiger partial charge in [-0.1, -0.05) is 23.2 Å². The molecule has 0 radical (unpaired) electrons. The van der Waals surface area contributed by atoms with E-state index >= 15 is 0 Å². The van der Waals surface area contributed by atoms with Crippen LogP contribution in [0.5, 0.6) is 5.75 Å². The Balaban J connectivity index is 2.20. The number of carbonyl (C=O) groups is 2. The maximum Gasteiger partial charge on any atom is 0.416 e. The molecule has 0 bridgehead atoms. The molecule has 0 aliphatic rings. The van der Waals surface area contributed by atoms with E-state index < -0.39 is 30.0 Å². The molecule has 30 heavy (non-hydrogen) atoms. The molecule has 0 aromatic heterocycles. The Morgan fingerprint density at radius 2 is 1.70 bits per heavy atom. The molecule has 0 heterocycles. The summed E-state index contributed by atoms with van der Waals surface area (Å²) in [5, 5.41) is 13.7. The van der Waals surface area contributed by atoms with Crippen molar-refractivity contribution in [2.45, 2.75) is 26.1 Å². The molecule has 0 spiro atoms. The average Bonchev–Trinajstić information content (AvgIpc) is 2.59. The monoisotopic (exact) mass is 464 g/mol. The molecule has 0 fully saturated rings. The average molecular weight is 465 g/mol. The molecule has 0 aliphatic heterocycles. The number of hydrogen-bond donors (Lipinski definition) is 3. The summed E-state index contributed by atoms with van der Waals surface area (Å²) in [5.41, 5.74) is -0.142. The summed E-state index contributed by atoms with van der Waals surface area (Å²) in [5.74, 6) is -2.07. The highest BCUT2D eigenvalue weighted by Crippen LogP contribution is 2.37. The second-order valence-corrected chi connectivity index (χ2v) is 6.94. The van der Waals surface area contributed by atoms with Gasteiger partial charge in [0.25, 0.3) is 0 Å². The van der Waals surface area contributed by atoms with E-state index in [2.05, 4.69) is 10.6 Å². The number of carboxylic acid groups (broad SMARTS) is 1. The van der Waals surface area contributed by atoms with Crippen LogP contribution in [0.25, 0.3) is 0 Å². The van der Waals surface area contributed by atoms with E-state index in [0.717, 1.165) is 12.1 Å². The lowest BCUT2D eigenvalue weighted by molar-refractivity contribution is -0.140. The topological polar surface area (TPSA) is 87.7 Å². The van der Waals surface area contributed by atoms with Crippen molar-refractivity contribution in [1.29, 1.82) is 0 Å². The van der Waals surface area contributed by atoms with Gasteiger partial charge in [0.15, 0.2) is 5.75 Å². The zero-order valence-corrected chi connectivity index (χ0v) is 17.1. The van der Waals surface area contributed by atoms with Gasteiger partial charge in [-0.25, -0.2) is 0 Å². The fourth-order valence-electron chi connectivity index (χ4n) is 2.51. The fraction of sp³-hybridized carbons (Fsp3) is 0.263. The molecule has 0 aliphatic carbocycles. The van der Waals surface area contributed by atoms with Crippen LogP contribution in [-0.4, -0.2) is 23.5 Å². The molecular weight excluding hydrogens is 448 g/mol. The highest BCUT2D eigenvalue weighted by molar-refractivity contribution is 6.37. The predicted molar refractivity (Wildman–Crippen MR) is 107 cm³/mol. The third kappa shape index (κ3) is 6.70. The van der Waals surface area contributed by atoms with Gasteiger partial charge in [0.05, 0.1) is 15.6 Å². The van der Waals surface area contributed by atoms with Crippen LogP contribution < -0.4 is 15.4 Å². The van der Waals surface area contributed by atoms with Crippen LogP contribution in [0.2, 0.25) is 10.0 Å². The van der Waals surface area contributed by atoms with Gasteiger partial charge in [0.2, 0.25) is 5.91 Å². The van der Waals surface area contributed by atoms with Gasteiger partial charge in [-0.05, 0) is 42.8 Å². The number of amides is 1. The minimum absolute atomic E-state index is 0.00740. The normalized spacial score (nSPS) is 11.1. The highest BCUT2D eigenvalue weighted by atomic mass is 35.5. The minimum atomic E-state index is -4.52. The number of aliphatic carboxylic acids is 1. The second-order valence-electron chi connectivity index (χ2n) is 6.12. The van der Waals surface area contributed by atoms with Crippen LogP contribution in [0.4, 0.5) is 24.5 Å². The smallest absolute Gasteiger partial charge is 0.416 e. The maximum atomic E-state index is 13.1. The molecule has 0 saturated heterocycles. The summed E-state index contributed by atoms with van der Waals surface area (Å²) in [6, 6.07) is 6.06. The van der Waals surface area contributed by atoms with Crippen molar-refractivity contribution in [2.75, 3.05) is 17.2 Å². The van der Waals surface area contributed by atoms with Crippen LogP contribution in [0.1, 0.15) is 24.5 Å². The molecule has 162 valence electrons. The van der Waals surface area contributed by atoms with E-state index in [1.165, 1.54) is 18.2 Å². The highest BCUT2D eigenvalue weighted by Gasteiger charge is 2.31. The fourth-order valence-corrected chi connectivity index (χ4v) is 3.11. The number of halogens is 5. The number of ether oxygens (including phenoxy) is 1. The van der Waals surface area contributed by atoms with Crippen LogP contribution in [0.3, 0.4) is 0 Å². The van der Waals surface area contributed by atoms with Gasteiger partial charge in [-0.3, -0.25) is 9.59 Å². The zero-order valence-electron chi connectivity index (χ0n) is 15.6. The Bertz CT molecular complexity index is 929. The molecule has 0 saturated carbocycles. The van der Waals surface area contributed by atoms with Crippen molar-refractivity contribution in [1.82, 2.24) is 0 Å². The Morgan fingerprint density at radius 3 is 2.23 bits per heavy atom. The van der Waals surface area contributed by atoms with Crippen LogP contribution >= 0.6 is 23.2 Å². The van der Waals surface area contributed by atoms with Gasteiger partial charge < -0.3 is 20.5 Å². The minimum Gasteiger partial charge on any atom is -0.486 e. The first-order valence-corrected chi connectivity index (χ1v) is 9.33. The van der Waals surface area contributed by atoms with Crippen molar-refractivity contribution in [3.63, 3.8) is 0 Å². The number of hydrogen-bond acceptors (Lipinski definition) is 4. The first kappa shape index (κ1) is 23.6.